The average molecular weight is 479 g/mol. The molecule has 0 saturated heterocycles. The highest BCUT2D eigenvalue weighted by Crippen LogP contribution is 2.24. The Kier molecular flexibility index (Phi) is 8.95. The minimum Gasteiger partial charge on any atom is -0.355 e. The van der Waals surface area contributed by atoms with Gasteiger partial charge in [-0.3, -0.25) is 9.59 Å². The molecule has 1 N–H and O–H groups in total. The summed E-state index contributed by atoms with van der Waals surface area (Å²) in [6, 6.07) is 11.9. The fourth-order valence-corrected chi connectivity index (χ4v) is 4.33. The molecule has 1 atom stereocenters. The molecular formula is C23H31FN4O4S. The zero-order valence-electron chi connectivity index (χ0n) is 19.6. The first-order chi connectivity index (χ1) is 15.5. The van der Waals surface area contributed by atoms with Crippen LogP contribution in [0.25, 0.3) is 0 Å². The number of nitrogens with one attached hydrogen (secondary N) is 1. The zero-order chi connectivity index (χ0) is 24.8. The number of nitrogens with zero attached hydrogens (tertiary/aromatic N) is 3. The molecule has 0 unspecified atom stereocenters. The zero-order valence-corrected chi connectivity index (χ0v) is 20.4. The molecule has 0 aliphatic rings. The fraction of sp³-hybridized carbons (Fsp3) is 0.391. The molecule has 0 saturated carbocycles. The van der Waals surface area contributed by atoms with E-state index in [-0.39, 0.29) is 18.1 Å². The van der Waals surface area contributed by atoms with Crippen molar-refractivity contribution in [2.45, 2.75) is 33.4 Å². The van der Waals surface area contributed by atoms with Crippen molar-refractivity contribution in [2.24, 2.45) is 0 Å². The number of benzene rings is 2. The number of carbonyl (C=O) groups excluding carboxylic acids is 2. The molecule has 0 spiro atoms. The van der Waals surface area contributed by atoms with Crippen molar-refractivity contribution in [1.29, 1.82) is 0 Å². The van der Waals surface area contributed by atoms with Crippen molar-refractivity contribution in [3.63, 3.8) is 0 Å². The molecule has 0 fully saturated rings. The van der Waals surface area contributed by atoms with E-state index in [1.54, 1.807) is 13.8 Å². The molecule has 33 heavy (non-hydrogen) atoms. The average Bonchev–Trinajstić information content (AvgIpc) is 2.75. The lowest BCUT2D eigenvalue weighted by atomic mass is 10.1. The molecule has 0 aliphatic heterocycles. The molecule has 2 aromatic rings. The first-order valence-corrected chi connectivity index (χ1v) is 12.0. The van der Waals surface area contributed by atoms with Crippen LogP contribution in [0.5, 0.6) is 0 Å². The molecule has 8 nitrogen and oxygen atoms in total. The molecule has 2 amide bonds. The van der Waals surface area contributed by atoms with E-state index < -0.39 is 34.5 Å². The van der Waals surface area contributed by atoms with E-state index in [9.17, 15) is 22.4 Å². The Bertz CT molecular complexity index is 1090. The largest absolute Gasteiger partial charge is 0.355 e. The van der Waals surface area contributed by atoms with Gasteiger partial charge in [-0.1, -0.05) is 42.0 Å². The summed E-state index contributed by atoms with van der Waals surface area (Å²) in [7, 11) is -1.60. The highest BCUT2D eigenvalue weighted by atomic mass is 32.2. The Hall–Kier alpha value is -2.98. The van der Waals surface area contributed by atoms with Crippen LogP contribution in [0.1, 0.15) is 25.0 Å². The molecule has 0 aromatic heterocycles. The predicted molar refractivity (Wildman–Crippen MR) is 126 cm³/mol. The number of aryl methyl sites for hydroxylation is 1. The number of para-hydroxylation sites is 1. The smallest absolute Gasteiger partial charge is 0.304 e. The molecule has 0 radical (unpaired) electrons. The number of hydrogen-bond acceptors (Lipinski definition) is 4. The molecule has 2 rings (SSSR count). The summed E-state index contributed by atoms with van der Waals surface area (Å²) < 4.78 is 42.1. The second-order valence-electron chi connectivity index (χ2n) is 7.83. The number of likely N-dealkylation sites (N-methyl/N-ethyl adjacent to an activating group) is 1. The van der Waals surface area contributed by atoms with Crippen molar-refractivity contribution in [1.82, 2.24) is 14.5 Å². The van der Waals surface area contributed by atoms with Crippen LogP contribution in [0.3, 0.4) is 0 Å². The molecule has 10 heteroatoms. The van der Waals surface area contributed by atoms with Crippen LogP contribution < -0.4 is 9.62 Å². The number of anilines is 1. The molecule has 0 aliphatic carbocycles. The third kappa shape index (κ3) is 6.52. The van der Waals surface area contributed by atoms with Crippen LogP contribution in [0, 0.1) is 12.7 Å². The van der Waals surface area contributed by atoms with E-state index in [1.165, 1.54) is 37.2 Å². The summed E-state index contributed by atoms with van der Waals surface area (Å²) in [6.45, 7) is 5.05. The molecule has 180 valence electrons. The fourth-order valence-electron chi connectivity index (χ4n) is 3.27. The molecular weight excluding hydrogens is 447 g/mol. The first-order valence-electron chi connectivity index (χ1n) is 10.6. The van der Waals surface area contributed by atoms with E-state index in [1.807, 2.05) is 31.2 Å². The maximum Gasteiger partial charge on any atom is 0.304 e. The van der Waals surface area contributed by atoms with Gasteiger partial charge in [0.15, 0.2) is 0 Å². The van der Waals surface area contributed by atoms with Gasteiger partial charge in [0, 0.05) is 27.2 Å². The lowest BCUT2D eigenvalue weighted by Crippen LogP contribution is -2.52. The van der Waals surface area contributed by atoms with Gasteiger partial charge in [-0.05, 0) is 38.5 Å². The van der Waals surface area contributed by atoms with Crippen molar-refractivity contribution < 1.29 is 22.4 Å². The van der Waals surface area contributed by atoms with Gasteiger partial charge < -0.3 is 10.2 Å². The predicted octanol–water partition coefficient (Wildman–Crippen LogP) is 2.30. The van der Waals surface area contributed by atoms with Gasteiger partial charge in [0.1, 0.15) is 18.4 Å². The Morgan fingerprint density at radius 1 is 1.09 bits per heavy atom. The van der Waals surface area contributed by atoms with Crippen molar-refractivity contribution in [3.8, 4) is 0 Å². The lowest BCUT2D eigenvalue weighted by Gasteiger charge is -2.32. The molecule has 0 heterocycles. The summed E-state index contributed by atoms with van der Waals surface area (Å²) in [5.41, 5.74) is 1.52. The van der Waals surface area contributed by atoms with Crippen LogP contribution in [-0.2, 0) is 26.3 Å². The van der Waals surface area contributed by atoms with E-state index in [0.29, 0.717) is 6.54 Å². The first kappa shape index (κ1) is 26.3. The summed E-state index contributed by atoms with van der Waals surface area (Å²) in [6.07, 6.45) is 0. The monoisotopic (exact) mass is 478 g/mol. The molecule has 0 bridgehead atoms. The van der Waals surface area contributed by atoms with Crippen molar-refractivity contribution >= 4 is 27.7 Å². The lowest BCUT2D eigenvalue weighted by molar-refractivity contribution is -0.139. The summed E-state index contributed by atoms with van der Waals surface area (Å²) in [5.74, 6) is -1.78. The van der Waals surface area contributed by atoms with E-state index >= 15 is 0 Å². The Morgan fingerprint density at radius 2 is 1.76 bits per heavy atom. The van der Waals surface area contributed by atoms with Gasteiger partial charge in [0.2, 0.25) is 11.8 Å². The number of rotatable bonds is 10. The minimum absolute atomic E-state index is 0.0892. The second-order valence-corrected chi connectivity index (χ2v) is 9.90. The van der Waals surface area contributed by atoms with Gasteiger partial charge in [-0.25, -0.2) is 8.70 Å². The standard InChI is InChI=1S/C23H31FN4O4S/c1-6-25-23(30)18(3)27(15-19-11-9-10-17(2)14-19)22(29)16-28(33(31,32)26(4)5)21-13-8-7-12-20(21)24/h7-14,18H,6,15-16H2,1-5H3,(H,25,30)/t18-/m0/s1. The van der Waals surface area contributed by atoms with Crippen LogP contribution >= 0.6 is 0 Å². The van der Waals surface area contributed by atoms with E-state index in [0.717, 1.165) is 25.8 Å². The maximum atomic E-state index is 14.5. The van der Waals surface area contributed by atoms with Crippen molar-refractivity contribution in [2.75, 3.05) is 31.5 Å². The Labute approximate surface area is 195 Å². The quantitative estimate of drug-likeness (QED) is 0.568. The topological polar surface area (TPSA) is 90.0 Å². The Balaban J connectivity index is 2.47. The van der Waals surface area contributed by atoms with Gasteiger partial charge in [-0.2, -0.15) is 12.7 Å². The second kappa shape index (κ2) is 11.2. The number of amides is 2. The van der Waals surface area contributed by atoms with E-state index in [2.05, 4.69) is 5.32 Å². The maximum absolute atomic E-state index is 14.5. The summed E-state index contributed by atoms with van der Waals surface area (Å²) in [4.78, 5) is 27.3. The number of halogens is 1. The van der Waals surface area contributed by atoms with Crippen LogP contribution in [0.15, 0.2) is 48.5 Å². The van der Waals surface area contributed by atoms with Gasteiger partial charge in [-0.15, -0.1) is 0 Å². The number of carbonyl (C=O) groups is 2. The summed E-state index contributed by atoms with van der Waals surface area (Å²) in [5, 5.41) is 2.69. The van der Waals surface area contributed by atoms with Crippen LogP contribution in [-0.4, -0.2) is 62.7 Å². The third-order valence-corrected chi connectivity index (χ3v) is 6.90. The van der Waals surface area contributed by atoms with Crippen LogP contribution in [0.4, 0.5) is 10.1 Å². The molecule has 2 aromatic carbocycles. The van der Waals surface area contributed by atoms with Crippen LogP contribution in [0.2, 0.25) is 0 Å². The summed E-state index contributed by atoms with van der Waals surface area (Å²) >= 11 is 0. The minimum atomic E-state index is -4.20. The van der Waals surface area contributed by atoms with Gasteiger partial charge in [0.25, 0.3) is 0 Å². The Morgan fingerprint density at radius 3 is 2.33 bits per heavy atom. The highest BCUT2D eigenvalue weighted by molar-refractivity contribution is 7.90. The normalized spacial score (nSPS) is 12.3. The third-order valence-electron chi connectivity index (χ3n) is 5.09. The van der Waals surface area contributed by atoms with Crippen molar-refractivity contribution in [3.05, 3.63) is 65.5 Å². The SMILES string of the molecule is CCNC(=O)[C@H](C)N(Cc1cccc(C)c1)C(=O)CN(c1ccccc1F)S(=O)(=O)N(C)C. The number of hydrogen-bond donors (Lipinski definition) is 1. The van der Waals surface area contributed by atoms with E-state index in [4.69, 9.17) is 0 Å². The highest BCUT2D eigenvalue weighted by Gasteiger charge is 2.33. The van der Waals surface area contributed by atoms with Gasteiger partial charge in [0.05, 0.1) is 5.69 Å². The van der Waals surface area contributed by atoms with Gasteiger partial charge >= 0.3 is 10.2 Å².